The van der Waals surface area contributed by atoms with Gasteiger partial charge >= 0.3 is 0 Å². The van der Waals surface area contributed by atoms with Crippen LogP contribution in [0.25, 0.3) is 10.9 Å². The average molecular weight is 244 g/mol. The summed E-state index contributed by atoms with van der Waals surface area (Å²) in [5.41, 5.74) is 0.781. The predicted octanol–water partition coefficient (Wildman–Crippen LogP) is 0.960. The molecule has 1 atom stereocenters. The molecule has 0 fully saturated rings. The number of rotatable bonds is 5. The van der Waals surface area contributed by atoms with Gasteiger partial charge in [-0.1, -0.05) is 25.5 Å². The number of carbonyl (C=O) groups excluding carboxylic acids is 1. The summed E-state index contributed by atoms with van der Waals surface area (Å²) < 4.78 is 0. The molecule has 0 radical (unpaired) electrons. The maximum Gasteiger partial charge on any atom is 0.137 e. The quantitative estimate of drug-likeness (QED) is 0.847. The van der Waals surface area contributed by atoms with E-state index in [1.807, 2.05) is 31.2 Å². The zero-order valence-corrected chi connectivity index (χ0v) is 10.1. The molecule has 94 valence electrons. The maximum atomic E-state index is 11.0. The number of aromatic nitrogens is 2. The summed E-state index contributed by atoms with van der Waals surface area (Å²) in [4.78, 5) is 19.2. The van der Waals surface area contributed by atoms with Crippen LogP contribution in [0.4, 0.5) is 5.82 Å². The van der Waals surface area contributed by atoms with Crippen molar-refractivity contribution in [2.75, 3.05) is 5.32 Å². The number of anilines is 1. The van der Waals surface area contributed by atoms with E-state index in [0.29, 0.717) is 12.2 Å². The van der Waals surface area contributed by atoms with Gasteiger partial charge in [0.1, 0.15) is 12.1 Å². The van der Waals surface area contributed by atoms with Crippen molar-refractivity contribution >= 4 is 22.7 Å². The lowest BCUT2D eigenvalue weighted by atomic mass is 10.1. The molecule has 0 aliphatic rings. The smallest absolute Gasteiger partial charge is 0.137 e. The number of nitrogens with zero attached hydrogens (tertiary/aromatic N) is 2. The lowest BCUT2D eigenvalue weighted by molar-refractivity contribution is -0.306. The van der Waals surface area contributed by atoms with E-state index < -0.39 is 12.0 Å². The molecule has 0 saturated carbocycles. The van der Waals surface area contributed by atoms with Gasteiger partial charge in [-0.15, -0.1) is 0 Å². The van der Waals surface area contributed by atoms with Crippen molar-refractivity contribution in [2.45, 2.75) is 25.8 Å². The minimum atomic E-state index is -1.11. The lowest BCUT2D eigenvalue weighted by Gasteiger charge is -2.20. The molecule has 1 heterocycles. The molecule has 0 unspecified atom stereocenters. The number of hydrogen-bond acceptors (Lipinski definition) is 5. The van der Waals surface area contributed by atoms with Gasteiger partial charge in [0, 0.05) is 5.39 Å². The van der Waals surface area contributed by atoms with Gasteiger partial charge in [0.15, 0.2) is 0 Å². The SMILES string of the molecule is CCC[C@@H](Nc1ncnc2ccccc12)C(=O)[O-]. The fraction of sp³-hybridized carbons (Fsp3) is 0.308. The summed E-state index contributed by atoms with van der Waals surface area (Å²) >= 11 is 0. The number of fused-ring (bicyclic) bond motifs is 1. The highest BCUT2D eigenvalue weighted by atomic mass is 16.4. The highest BCUT2D eigenvalue weighted by molar-refractivity contribution is 5.90. The van der Waals surface area contributed by atoms with Crippen LogP contribution in [0.1, 0.15) is 19.8 Å². The third-order valence-corrected chi connectivity index (χ3v) is 2.72. The van der Waals surface area contributed by atoms with E-state index in [2.05, 4.69) is 15.3 Å². The fourth-order valence-electron chi connectivity index (χ4n) is 1.82. The van der Waals surface area contributed by atoms with E-state index in [1.54, 1.807) is 0 Å². The number of para-hydroxylation sites is 1. The van der Waals surface area contributed by atoms with E-state index >= 15 is 0 Å². The Hall–Kier alpha value is -2.17. The molecular formula is C13H14N3O2-. The van der Waals surface area contributed by atoms with E-state index in [-0.39, 0.29) is 0 Å². The van der Waals surface area contributed by atoms with Crippen molar-refractivity contribution in [1.29, 1.82) is 0 Å². The van der Waals surface area contributed by atoms with Crippen molar-refractivity contribution < 1.29 is 9.90 Å². The van der Waals surface area contributed by atoms with Crippen LogP contribution in [0.2, 0.25) is 0 Å². The van der Waals surface area contributed by atoms with Crippen LogP contribution < -0.4 is 10.4 Å². The zero-order valence-electron chi connectivity index (χ0n) is 10.1. The van der Waals surface area contributed by atoms with Gasteiger partial charge in [-0.25, -0.2) is 9.97 Å². The standard InChI is InChI=1S/C13H15N3O2/c1-2-5-11(13(17)18)16-12-9-6-3-4-7-10(9)14-8-15-12/h3-4,6-8,11H,2,5H2,1H3,(H,17,18)(H,14,15,16)/p-1/t11-/m1/s1. The number of hydrogen-bond donors (Lipinski definition) is 1. The van der Waals surface area contributed by atoms with Gasteiger partial charge in [0.25, 0.3) is 0 Å². The molecule has 0 bridgehead atoms. The van der Waals surface area contributed by atoms with Crippen LogP contribution in [0.3, 0.4) is 0 Å². The number of carbonyl (C=O) groups is 1. The van der Waals surface area contributed by atoms with E-state index in [0.717, 1.165) is 17.3 Å². The highest BCUT2D eigenvalue weighted by Crippen LogP contribution is 2.19. The molecule has 1 aromatic carbocycles. The molecular weight excluding hydrogens is 230 g/mol. The van der Waals surface area contributed by atoms with Gasteiger partial charge in [-0.2, -0.15) is 0 Å². The van der Waals surface area contributed by atoms with Crippen LogP contribution in [0.15, 0.2) is 30.6 Å². The molecule has 5 nitrogen and oxygen atoms in total. The van der Waals surface area contributed by atoms with Crippen molar-refractivity contribution in [3.05, 3.63) is 30.6 Å². The molecule has 2 rings (SSSR count). The largest absolute Gasteiger partial charge is 0.548 e. The first-order chi connectivity index (χ1) is 8.72. The van der Waals surface area contributed by atoms with Gasteiger partial charge in [0.2, 0.25) is 0 Å². The molecule has 1 aromatic heterocycles. The summed E-state index contributed by atoms with van der Waals surface area (Å²) in [7, 11) is 0. The molecule has 2 aromatic rings. The predicted molar refractivity (Wildman–Crippen MR) is 66.9 cm³/mol. The molecule has 18 heavy (non-hydrogen) atoms. The minimum absolute atomic E-state index is 0.501. The topological polar surface area (TPSA) is 77.9 Å². The second kappa shape index (κ2) is 5.44. The summed E-state index contributed by atoms with van der Waals surface area (Å²) in [6.07, 6.45) is 2.68. The molecule has 0 saturated heterocycles. The Morgan fingerprint density at radius 1 is 1.39 bits per heavy atom. The van der Waals surface area contributed by atoms with Crippen molar-refractivity contribution in [3.8, 4) is 0 Å². The van der Waals surface area contributed by atoms with Gasteiger partial charge in [0.05, 0.1) is 17.5 Å². The first-order valence-electron chi connectivity index (χ1n) is 5.89. The molecule has 0 amide bonds. The second-order valence-corrected chi connectivity index (χ2v) is 4.04. The van der Waals surface area contributed by atoms with Gasteiger partial charge in [-0.05, 0) is 18.6 Å². The normalized spacial score (nSPS) is 12.3. The third-order valence-electron chi connectivity index (χ3n) is 2.72. The lowest BCUT2D eigenvalue weighted by Crippen LogP contribution is -2.41. The average Bonchev–Trinajstić information content (AvgIpc) is 2.38. The molecule has 0 aliphatic heterocycles. The first kappa shape index (κ1) is 12.3. The molecule has 0 spiro atoms. The van der Waals surface area contributed by atoms with Crippen LogP contribution in [-0.2, 0) is 4.79 Å². The number of nitrogens with one attached hydrogen (secondary N) is 1. The minimum Gasteiger partial charge on any atom is -0.548 e. The van der Waals surface area contributed by atoms with Crippen LogP contribution in [-0.4, -0.2) is 22.0 Å². The zero-order chi connectivity index (χ0) is 13.0. The number of aliphatic carboxylic acids is 1. The Bertz CT molecular complexity index is 551. The van der Waals surface area contributed by atoms with Crippen molar-refractivity contribution in [1.82, 2.24) is 9.97 Å². The van der Waals surface area contributed by atoms with E-state index in [9.17, 15) is 9.90 Å². The third kappa shape index (κ3) is 2.56. The Balaban J connectivity index is 2.33. The molecule has 0 aliphatic carbocycles. The van der Waals surface area contributed by atoms with Crippen molar-refractivity contribution in [3.63, 3.8) is 0 Å². The van der Waals surface area contributed by atoms with Crippen molar-refractivity contribution in [2.24, 2.45) is 0 Å². The van der Waals surface area contributed by atoms with Crippen LogP contribution in [0, 0.1) is 0 Å². The summed E-state index contributed by atoms with van der Waals surface area (Å²) in [6.45, 7) is 1.93. The number of carboxylic acids is 1. The van der Waals surface area contributed by atoms with Gasteiger partial charge in [-0.3, -0.25) is 0 Å². The molecule has 1 N–H and O–H groups in total. The van der Waals surface area contributed by atoms with E-state index in [4.69, 9.17) is 0 Å². The summed E-state index contributed by atoms with van der Waals surface area (Å²) in [5, 5.41) is 14.7. The second-order valence-electron chi connectivity index (χ2n) is 4.04. The number of carboxylic acid groups (broad SMARTS) is 1. The fourth-order valence-corrected chi connectivity index (χ4v) is 1.82. The monoisotopic (exact) mass is 244 g/mol. The Morgan fingerprint density at radius 3 is 2.89 bits per heavy atom. The summed E-state index contributed by atoms with van der Waals surface area (Å²) in [6, 6.07) is 6.73. The van der Waals surface area contributed by atoms with Crippen LogP contribution in [0.5, 0.6) is 0 Å². The summed E-state index contributed by atoms with van der Waals surface area (Å²) in [5.74, 6) is -0.581. The number of benzene rings is 1. The Kier molecular flexibility index (Phi) is 3.72. The van der Waals surface area contributed by atoms with E-state index in [1.165, 1.54) is 6.33 Å². The molecule has 5 heteroatoms. The first-order valence-corrected chi connectivity index (χ1v) is 5.89. The van der Waals surface area contributed by atoms with Gasteiger partial charge < -0.3 is 15.2 Å². The maximum absolute atomic E-state index is 11.0. The highest BCUT2D eigenvalue weighted by Gasteiger charge is 2.11. The Morgan fingerprint density at radius 2 is 2.17 bits per heavy atom. The Labute approximate surface area is 105 Å². The van der Waals surface area contributed by atoms with Crippen LogP contribution >= 0.6 is 0 Å².